The maximum absolute atomic E-state index is 12.3. The molecule has 8 nitrogen and oxygen atoms in total. The van der Waals surface area contributed by atoms with Gasteiger partial charge in [-0.1, -0.05) is 18.2 Å². The van der Waals surface area contributed by atoms with Gasteiger partial charge < -0.3 is 20.0 Å². The Bertz CT molecular complexity index is 799. The highest BCUT2D eigenvalue weighted by molar-refractivity contribution is 5.92. The standard InChI is InChI=1S/C21H26N4O4/c26-19(23-17-6-2-1-3-7-17)16-24-11-13-25(14-12-24)20(27)9-4-10-22-21(28)18-8-5-15-29-18/h1-3,5-8,15H,4,9-14,16H2,(H,22,28)(H,23,26). The van der Waals surface area contributed by atoms with E-state index in [-0.39, 0.29) is 23.5 Å². The number of para-hydroxylation sites is 1. The Morgan fingerprint density at radius 3 is 2.41 bits per heavy atom. The lowest BCUT2D eigenvalue weighted by Crippen LogP contribution is -2.50. The largest absolute Gasteiger partial charge is 0.459 e. The molecule has 0 atom stereocenters. The number of anilines is 1. The number of nitrogens with zero attached hydrogens (tertiary/aromatic N) is 2. The molecule has 1 saturated heterocycles. The van der Waals surface area contributed by atoms with Crippen LogP contribution in [-0.4, -0.2) is 66.8 Å². The highest BCUT2D eigenvalue weighted by Crippen LogP contribution is 2.08. The SMILES string of the molecule is O=C(CN1CCN(C(=O)CCCNC(=O)c2ccco2)CC1)Nc1ccccc1. The molecule has 2 aromatic rings. The van der Waals surface area contributed by atoms with Crippen molar-refractivity contribution in [3.63, 3.8) is 0 Å². The zero-order chi connectivity index (χ0) is 20.5. The van der Waals surface area contributed by atoms with Gasteiger partial charge in [0.15, 0.2) is 5.76 Å². The zero-order valence-corrected chi connectivity index (χ0v) is 16.3. The number of furan rings is 1. The van der Waals surface area contributed by atoms with Crippen LogP contribution >= 0.6 is 0 Å². The van der Waals surface area contributed by atoms with E-state index in [4.69, 9.17) is 4.42 Å². The summed E-state index contributed by atoms with van der Waals surface area (Å²) in [4.78, 5) is 40.1. The molecule has 154 valence electrons. The van der Waals surface area contributed by atoms with E-state index in [1.807, 2.05) is 40.1 Å². The van der Waals surface area contributed by atoms with Crippen molar-refractivity contribution in [3.8, 4) is 0 Å². The molecule has 1 aromatic carbocycles. The summed E-state index contributed by atoms with van der Waals surface area (Å²) in [6.45, 7) is 3.29. The van der Waals surface area contributed by atoms with Crippen molar-refractivity contribution in [2.75, 3.05) is 44.6 Å². The average molecular weight is 398 g/mol. The second-order valence-electron chi connectivity index (χ2n) is 6.91. The summed E-state index contributed by atoms with van der Waals surface area (Å²) in [7, 11) is 0. The highest BCUT2D eigenvalue weighted by Gasteiger charge is 2.22. The molecule has 3 amide bonds. The summed E-state index contributed by atoms with van der Waals surface area (Å²) in [5, 5.41) is 5.61. The molecular weight excluding hydrogens is 372 g/mol. The van der Waals surface area contributed by atoms with Gasteiger partial charge in [0.05, 0.1) is 12.8 Å². The van der Waals surface area contributed by atoms with Gasteiger partial charge in [-0.2, -0.15) is 0 Å². The van der Waals surface area contributed by atoms with Gasteiger partial charge in [0.25, 0.3) is 5.91 Å². The Morgan fingerprint density at radius 2 is 1.72 bits per heavy atom. The first kappa shape index (κ1) is 20.6. The van der Waals surface area contributed by atoms with E-state index in [1.54, 1.807) is 12.1 Å². The summed E-state index contributed by atoms with van der Waals surface area (Å²) < 4.78 is 5.02. The van der Waals surface area contributed by atoms with Crippen LogP contribution in [-0.2, 0) is 9.59 Å². The second-order valence-corrected chi connectivity index (χ2v) is 6.91. The van der Waals surface area contributed by atoms with Crippen molar-refractivity contribution in [1.82, 2.24) is 15.1 Å². The van der Waals surface area contributed by atoms with Crippen LogP contribution in [0.4, 0.5) is 5.69 Å². The van der Waals surface area contributed by atoms with Gasteiger partial charge >= 0.3 is 0 Å². The molecule has 3 rings (SSSR count). The number of carbonyl (C=O) groups is 3. The lowest BCUT2D eigenvalue weighted by molar-refractivity contribution is -0.133. The van der Waals surface area contributed by atoms with Crippen LogP contribution in [0, 0.1) is 0 Å². The van der Waals surface area contributed by atoms with Crippen LogP contribution in [0.25, 0.3) is 0 Å². The molecule has 1 aromatic heterocycles. The van der Waals surface area contributed by atoms with E-state index in [2.05, 4.69) is 10.6 Å². The van der Waals surface area contributed by atoms with Crippen molar-refractivity contribution in [1.29, 1.82) is 0 Å². The Morgan fingerprint density at radius 1 is 0.966 bits per heavy atom. The van der Waals surface area contributed by atoms with E-state index in [1.165, 1.54) is 6.26 Å². The van der Waals surface area contributed by atoms with Crippen LogP contribution in [0.3, 0.4) is 0 Å². The number of benzene rings is 1. The summed E-state index contributed by atoms with van der Waals surface area (Å²) >= 11 is 0. The van der Waals surface area contributed by atoms with E-state index < -0.39 is 0 Å². The van der Waals surface area contributed by atoms with Gasteiger partial charge in [-0.15, -0.1) is 0 Å². The number of piperazine rings is 1. The number of amides is 3. The Labute approximate surface area is 169 Å². The molecule has 0 spiro atoms. The summed E-state index contributed by atoms with van der Waals surface area (Å²) in [5.74, 6) is 0.0162. The first-order valence-electron chi connectivity index (χ1n) is 9.78. The number of carbonyl (C=O) groups excluding carboxylic acids is 3. The van der Waals surface area contributed by atoms with Gasteiger partial charge in [0.1, 0.15) is 0 Å². The van der Waals surface area contributed by atoms with Crippen LogP contribution in [0.5, 0.6) is 0 Å². The molecule has 29 heavy (non-hydrogen) atoms. The molecule has 0 aliphatic carbocycles. The molecule has 1 aliphatic heterocycles. The van der Waals surface area contributed by atoms with Gasteiger partial charge in [-0.3, -0.25) is 19.3 Å². The minimum Gasteiger partial charge on any atom is -0.459 e. The van der Waals surface area contributed by atoms with Crippen molar-refractivity contribution in [3.05, 3.63) is 54.5 Å². The van der Waals surface area contributed by atoms with Crippen LogP contribution in [0.2, 0.25) is 0 Å². The minimum absolute atomic E-state index is 0.0525. The first-order valence-corrected chi connectivity index (χ1v) is 9.78. The highest BCUT2D eigenvalue weighted by atomic mass is 16.3. The first-order chi connectivity index (χ1) is 14.1. The third-order valence-corrected chi connectivity index (χ3v) is 4.75. The maximum atomic E-state index is 12.3. The minimum atomic E-state index is -0.273. The topological polar surface area (TPSA) is 94.9 Å². The average Bonchev–Trinajstić information content (AvgIpc) is 3.27. The molecule has 2 N–H and O–H groups in total. The molecule has 1 aliphatic rings. The number of hydrogen-bond acceptors (Lipinski definition) is 5. The fourth-order valence-electron chi connectivity index (χ4n) is 3.17. The summed E-state index contributed by atoms with van der Waals surface area (Å²) in [6, 6.07) is 12.6. The van der Waals surface area contributed by atoms with Gasteiger partial charge in [0, 0.05) is 44.8 Å². The third kappa shape index (κ3) is 6.46. The summed E-state index contributed by atoms with van der Waals surface area (Å²) in [6.07, 6.45) is 2.40. The molecule has 8 heteroatoms. The number of hydrogen-bond donors (Lipinski definition) is 2. The van der Waals surface area contributed by atoms with Crippen molar-refractivity contribution in [2.24, 2.45) is 0 Å². The van der Waals surface area contributed by atoms with Crippen LogP contribution in [0.1, 0.15) is 23.4 Å². The van der Waals surface area contributed by atoms with E-state index in [0.717, 1.165) is 5.69 Å². The van der Waals surface area contributed by atoms with Gasteiger partial charge in [-0.05, 0) is 30.7 Å². The van der Waals surface area contributed by atoms with E-state index >= 15 is 0 Å². The number of rotatable bonds is 8. The maximum Gasteiger partial charge on any atom is 0.286 e. The Kier molecular flexibility index (Phi) is 7.40. The molecule has 0 unspecified atom stereocenters. The normalized spacial score (nSPS) is 14.4. The molecule has 0 radical (unpaired) electrons. The fourth-order valence-corrected chi connectivity index (χ4v) is 3.17. The fraction of sp³-hybridized carbons (Fsp3) is 0.381. The monoisotopic (exact) mass is 398 g/mol. The van der Waals surface area contributed by atoms with E-state index in [0.29, 0.717) is 52.1 Å². The second kappa shape index (κ2) is 10.4. The smallest absolute Gasteiger partial charge is 0.286 e. The summed E-state index contributed by atoms with van der Waals surface area (Å²) in [5.41, 5.74) is 0.783. The predicted molar refractivity (Wildman–Crippen MR) is 108 cm³/mol. The van der Waals surface area contributed by atoms with Gasteiger partial charge in [0.2, 0.25) is 11.8 Å². The molecular formula is C21H26N4O4. The lowest BCUT2D eigenvalue weighted by atomic mass is 10.2. The Hall–Kier alpha value is -3.13. The molecule has 0 saturated carbocycles. The quantitative estimate of drug-likeness (QED) is 0.659. The van der Waals surface area contributed by atoms with Crippen LogP contribution < -0.4 is 10.6 Å². The zero-order valence-electron chi connectivity index (χ0n) is 16.3. The Balaban J connectivity index is 1.30. The molecule has 2 heterocycles. The van der Waals surface area contributed by atoms with Crippen molar-refractivity contribution in [2.45, 2.75) is 12.8 Å². The number of nitrogens with one attached hydrogen (secondary N) is 2. The van der Waals surface area contributed by atoms with Crippen molar-refractivity contribution < 1.29 is 18.8 Å². The molecule has 1 fully saturated rings. The van der Waals surface area contributed by atoms with Gasteiger partial charge in [-0.25, -0.2) is 0 Å². The third-order valence-electron chi connectivity index (χ3n) is 4.75. The van der Waals surface area contributed by atoms with Crippen LogP contribution in [0.15, 0.2) is 53.1 Å². The lowest BCUT2D eigenvalue weighted by Gasteiger charge is -2.34. The predicted octanol–water partition coefficient (Wildman–Crippen LogP) is 1.57. The van der Waals surface area contributed by atoms with Crippen molar-refractivity contribution >= 4 is 23.4 Å². The van der Waals surface area contributed by atoms with E-state index in [9.17, 15) is 14.4 Å². The molecule has 0 bridgehead atoms.